The fourth-order valence-electron chi connectivity index (χ4n) is 5.88. The SMILES string of the molecule is COc1cc2ncnc(N3CCN(c4nc(N)c(Cc5ccccc5)c[nH+]4)CC3)c2cc1OC[C@@H]1CCCN(C)C1. The molecule has 1 atom stereocenters. The van der Waals surface area contributed by atoms with Gasteiger partial charge in [-0.15, -0.1) is 0 Å². The first-order valence-corrected chi connectivity index (χ1v) is 14.4. The Kier molecular flexibility index (Phi) is 8.00. The molecule has 2 aliphatic heterocycles. The van der Waals surface area contributed by atoms with Gasteiger partial charge in [-0.2, -0.15) is 0 Å². The number of benzene rings is 2. The van der Waals surface area contributed by atoms with E-state index in [2.05, 4.69) is 43.8 Å². The van der Waals surface area contributed by atoms with Crippen LogP contribution >= 0.6 is 0 Å². The third-order valence-electron chi connectivity index (χ3n) is 8.14. The van der Waals surface area contributed by atoms with Gasteiger partial charge in [-0.25, -0.2) is 15.0 Å². The molecule has 4 heterocycles. The lowest BCUT2D eigenvalue weighted by atomic mass is 9.99. The molecule has 2 aromatic carbocycles. The molecule has 0 unspecified atom stereocenters. The number of likely N-dealkylation sites (tertiary alicyclic amines) is 1. The molecule has 2 aliphatic rings. The summed E-state index contributed by atoms with van der Waals surface area (Å²) in [7, 11) is 3.85. The molecular formula is C31H39N8O2+. The van der Waals surface area contributed by atoms with Gasteiger partial charge in [-0.3, -0.25) is 4.90 Å². The van der Waals surface area contributed by atoms with Crippen molar-refractivity contribution >= 4 is 28.5 Å². The van der Waals surface area contributed by atoms with Crippen molar-refractivity contribution in [2.24, 2.45) is 5.92 Å². The summed E-state index contributed by atoms with van der Waals surface area (Å²) in [6.45, 7) is 6.06. The Morgan fingerprint density at radius 3 is 2.56 bits per heavy atom. The normalized spacial score (nSPS) is 18.0. The lowest BCUT2D eigenvalue weighted by Gasteiger charge is -2.32. The molecule has 0 amide bonds. The summed E-state index contributed by atoms with van der Waals surface area (Å²) in [6, 6.07) is 14.3. The van der Waals surface area contributed by atoms with Crippen molar-refractivity contribution in [3.63, 3.8) is 0 Å². The zero-order chi connectivity index (χ0) is 28.2. The van der Waals surface area contributed by atoms with Gasteiger partial charge in [0.05, 0.1) is 51.6 Å². The van der Waals surface area contributed by atoms with E-state index in [0.29, 0.717) is 24.1 Å². The first kappa shape index (κ1) is 27.0. The van der Waals surface area contributed by atoms with E-state index in [-0.39, 0.29) is 0 Å². The fourth-order valence-corrected chi connectivity index (χ4v) is 5.88. The summed E-state index contributed by atoms with van der Waals surface area (Å²) in [5.41, 5.74) is 9.41. The minimum Gasteiger partial charge on any atom is -0.493 e. The molecule has 0 radical (unpaired) electrons. The number of piperidine rings is 1. The largest absolute Gasteiger partial charge is 0.493 e. The number of aromatic amines is 1. The fraction of sp³-hybridized carbons (Fsp3) is 0.419. The molecule has 41 heavy (non-hydrogen) atoms. The van der Waals surface area contributed by atoms with Crippen LogP contribution in [0.15, 0.2) is 55.0 Å². The molecule has 2 aromatic heterocycles. The number of nitrogens with one attached hydrogen (secondary N) is 1. The number of hydrogen-bond donors (Lipinski definition) is 1. The number of fused-ring (bicyclic) bond motifs is 1. The Balaban J connectivity index is 1.15. The Hall–Kier alpha value is -4.18. The van der Waals surface area contributed by atoms with Gasteiger partial charge in [0.2, 0.25) is 5.82 Å². The first-order valence-electron chi connectivity index (χ1n) is 14.4. The van der Waals surface area contributed by atoms with E-state index < -0.39 is 0 Å². The molecule has 0 bridgehead atoms. The van der Waals surface area contributed by atoms with Crippen molar-refractivity contribution in [1.82, 2.24) is 19.9 Å². The van der Waals surface area contributed by atoms with Crippen molar-refractivity contribution in [3.05, 3.63) is 66.1 Å². The second-order valence-electron chi connectivity index (χ2n) is 11.1. The summed E-state index contributed by atoms with van der Waals surface area (Å²) in [6.07, 6.45) is 6.76. The van der Waals surface area contributed by atoms with Crippen molar-refractivity contribution in [2.75, 3.05) is 75.6 Å². The molecule has 3 N–H and O–H groups in total. The van der Waals surface area contributed by atoms with Crippen molar-refractivity contribution < 1.29 is 14.5 Å². The van der Waals surface area contributed by atoms with E-state index in [1.165, 1.54) is 18.4 Å². The molecule has 0 saturated carbocycles. The van der Waals surface area contributed by atoms with Gasteiger partial charge >= 0.3 is 5.95 Å². The van der Waals surface area contributed by atoms with Gasteiger partial charge in [-0.1, -0.05) is 35.3 Å². The highest BCUT2D eigenvalue weighted by atomic mass is 16.5. The van der Waals surface area contributed by atoms with Crippen LogP contribution in [0.5, 0.6) is 11.5 Å². The van der Waals surface area contributed by atoms with Crippen LogP contribution in [0.2, 0.25) is 0 Å². The Labute approximate surface area is 241 Å². The first-order chi connectivity index (χ1) is 20.1. The van der Waals surface area contributed by atoms with Gasteiger partial charge in [-0.05, 0) is 38.1 Å². The van der Waals surface area contributed by atoms with Crippen molar-refractivity contribution in [3.8, 4) is 11.5 Å². The predicted octanol–water partition coefficient (Wildman–Crippen LogP) is 3.07. The van der Waals surface area contributed by atoms with E-state index in [1.807, 2.05) is 36.5 Å². The molecule has 2 saturated heterocycles. The minimum atomic E-state index is 0.514. The second kappa shape index (κ2) is 12.1. The number of nitrogens with zero attached hydrogens (tertiary/aromatic N) is 6. The molecule has 10 heteroatoms. The number of nitrogen functional groups attached to an aromatic ring is 1. The van der Waals surface area contributed by atoms with Crippen LogP contribution in [-0.2, 0) is 6.42 Å². The van der Waals surface area contributed by atoms with Crippen molar-refractivity contribution in [2.45, 2.75) is 19.3 Å². The number of methoxy groups -OCH3 is 1. The van der Waals surface area contributed by atoms with Gasteiger partial charge in [0.1, 0.15) is 12.1 Å². The summed E-state index contributed by atoms with van der Waals surface area (Å²) >= 11 is 0. The average molecular weight is 556 g/mol. The van der Waals surface area contributed by atoms with Crippen LogP contribution in [0.4, 0.5) is 17.6 Å². The Morgan fingerprint density at radius 2 is 1.80 bits per heavy atom. The van der Waals surface area contributed by atoms with Gasteiger partial charge < -0.3 is 25.0 Å². The number of ether oxygens (including phenoxy) is 2. The van der Waals surface area contributed by atoms with Crippen LogP contribution in [0.3, 0.4) is 0 Å². The number of nitrogens with two attached hydrogens (primary N) is 1. The van der Waals surface area contributed by atoms with Gasteiger partial charge in [0.15, 0.2) is 11.5 Å². The lowest BCUT2D eigenvalue weighted by Crippen LogP contribution is -2.49. The van der Waals surface area contributed by atoms with Gasteiger partial charge in [0, 0.05) is 35.9 Å². The smallest absolute Gasteiger partial charge is 0.393 e. The zero-order valence-corrected chi connectivity index (χ0v) is 23.9. The van der Waals surface area contributed by atoms with Crippen LogP contribution in [-0.4, -0.2) is 79.9 Å². The maximum atomic E-state index is 6.36. The average Bonchev–Trinajstić information content (AvgIpc) is 3.01. The van der Waals surface area contributed by atoms with E-state index in [4.69, 9.17) is 25.2 Å². The van der Waals surface area contributed by atoms with Crippen LogP contribution in [0, 0.1) is 5.92 Å². The molecule has 0 spiro atoms. The number of piperazine rings is 1. The van der Waals surface area contributed by atoms with Crippen molar-refractivity contribution in [1.29, 1.82) is 0 Å². The highest BCUT2D eigenvalue weighted by molar-refractivity contribution is 5.92. The third-order valence-corrected chi connectivity index (χ3v) is 8.14. The zero-order valence-electron chi connectivity index (χ0n) is 23.9. The maximum absolute atomic E-state index is 6.36. The molecule has 6 rings (SSSR count). The predicted molar refractivity (Wildman–Crippen MR) is 161 cm³/mol. The van der Waals surface area contributed by atoms with Gasteiger partial charge in [0.25, 0.3) is 0 Å². The van der Waals surface area contributed by atoms with E-state index in [0.717, 1.165) is 79.7 Å². The van der Waals surface area contributed by atoms with E-state index in [9.17, 15) is 0 Å². The molecular weight excluding hydrogens is 516 g/mol. The van der Waals surface area contributed by atoms with Crippen LogP contribution in [0.25, 0.3) is 10.9 Å². The summed E-state index contributed by atoms with van der Waals surface area (Å²) < 4.78 is 12.0. The highest BCUT2D eigenvalue weighted by Crippen LogP contribution is 2.36. The number of hydrogen-bond acceptors (Lipinski definition) is 9. The highest BCUT2D eigenvalue weighted by Gasteiger charge is 2.27. The number of anilines is 3. The monoisotopic (exact) mass is 555 g/mol. The standard InChI is InChI=1S/C31H38N8O2/c1-37-10-6-9-23(19-37)20-41-28-16-25-26(17-27(28)40-2)34-21-35-30(25)38-11-13-39(14-12-38)31-33-18-24(29(32)36-31)15-22-7-4-3-5-8-22/h3-5,7-8,16-18,21,23H,6,9-15,19-20H2,1-2H3,(H2,32,33,36)/p+1/t23-/m1/s1. The van der Waals surface area contributed by atoms with Crippen LogP contribution in [0.1, 0.15) is 24.0 Å². The second-order valence-corrected chi connectivity index (χ2v) is 11.1. The summed E-state index contributed by atoms with van der Waals surface area (Å²) in [4.78, 5) is 24.2. The molecule has 0 aliphatic carbocycles. The van der Waals surface area contributed by atoms with E-state index in [1.54, 1.807) is 13.4 Å². The summed E-state index contributed by atoms with van der Waals surface area (Å²) in [5.74, 6) is 4.22. The van der Waals surface area contributed by atoms with Crippen LogP contribution < -0.4 is 30.0 Å². The molecule has 2 fully saturated rings. The van der Waals surface area contributed by atoms with E-state index >= 15 is 0 Å². The third kappa shape index (κ3) is 6.12. The maximum Gasteiger partial charge on any atom is 0.393 e. The topological polar surface area (TPSA) is 107 Å². The molecule has 214 valence electrons. The quantitative estimate of drug-likeness (QED) is 0.351. The number of aromatic nitrogens is 4. The number of H-pyrrole nitrogens is 1. The Morgan fingerprint density at radius 1 is 1.00 bits per heavy atom. The Bertz CT molecular complexity index is 1480. The molecule has 10 nitrogen and oxygen atoms in total. The summed E-state index contributed by atoms with van der Waals surface area (Å²) in [5, 5.41) is 0.969. The number of rotatable bonds is 8. The molecule has 4 aromatic rings. The lowest BCUT2D eigenvalue weighted by molar-refractivity contribution is -0.368. The minimum absolute atomic E-state index is 0.514.